The number of nitrogens with one attached hydrogen (secondary N) is 1. The molecule has 5 nitrogen and oxygen atoms in total. The van der Waals surface area contributed by atoms with Crippen LogP contribution < -0.4 is 10.9 Å². The number of unbranched alkanes of at least 4 members (excludes halogenated alkanes) is 1. The number of amides is 1. The fourth-order valence-corrected chi connectivity index (χ4v) is 3.66. The number of anilines is 1. The monoisotopic (exact) mass is 381 g/mol. The Labute approximate surface area is 162 Å². The topological polar surface area (TPSA) is 64.0 Å². The molecule has 1 atom stereocenters. The van der Waals surface area contributed by atoms with Crippen LogP contribution in [0.15, 0.2) is 64.5 Å². The predicted octanol–water partition coefficient (Wildman–Crippen LogP) is 4.32. The van der Waals surface area contributed by atoms with Crippen molar-refractivity contribution in [3.8, 4) is 0 Å². The first-order valence-corrected chi connectivity index (χ1v) is 10.00. The van der Waals surface area contributed by atoms with E-state index in [9.17, 15) is 9.59 Å². The Kier molecular flexibility index (Phi) is 6.29. The lowest BCUT2D eigenvalue weighted by molar-refractivity contribution is -0.115. The molecule has 27 heavy (non-hydrogen) atoms. The van der Waals surface area contributed by atoms with Crippen LogP contribution in [0, 0.1) is 0 Å². The van der Waals surface area contributed by atoms with Crippen molar-refractivity contribution < 1.29 is 4.79 Å². The van der Waals surface area contributed by atoms with Crippen molar-refractivity contribution in [1.29, 1.82) is 0 Å². The van der Waals surface area contributed by atoms with Gasteiger partial charge in [-0.25, -0.2) is 4.98 Å². The number of hydrogen-bond donors (Lipinski definition) is 1. The molecule has 1 amide bonds. The standard InChI is InChI=1S/C21H23N3O2S/c1-3-4-14-24-20(26)17-12-8-9-13-18(17)23-21(24)27-15(2)19(25)22-16-10-6-5-7-11-16/h5-13,15H,3-4,14H2,1-2H3,(H,22,25)/t15-/m0/s1. The molecule has 6 heteroatoms. The Balaban J connectivity index is 1.88. The van der Waals surface area contributed by atoms with Crippen LogP contribution in [0.4, 0.5) is 5.69 Å². The summed E-state index contributed by atoms with van der Waals surface area (Å²) in [7, 11) is 0. The van der Waals surface area contributed by atoms with Crippen molar-refractivity contribution in [3.05, 3.63) is 65.0 Å². The molecule has 140 valence electrons. The summed E-state index contributed by atoms with van der Waals surface area (Å²) in [4.78, 5) is 30.1. The minimum absolute atomic E-state index is 0.0489. The molecule has 2 aromatic carbocycles. The van der Waals surface area contributed by atoms with Crippen molar-refractivity contribution in [2.75, 3.05) is 5.32 Å². The molecular formula is C21H23N3O2S. The number of thioether (sulfide) groups is 1. The summed E-state index contributed by atoms with van der Waals surface area (Å²) in [6.45, 7) is 4.51. The van der Waals surface area contributed by atoms with Gasteiger partial charge in [-0.15, -0.1) is 0 Å². The van der Waals surface area contributed by atoms with Gasteiger partial charge in [0, 0.05) is 12.2 Å². The minimum Gasteiger partial charge on any atom is -0.325 e. The number of nitrogens with zero attached hydrogens (tertiary/aromatic N) is 2. The summed E-state index contributed by atoms with van der Waals surface area (Å²) in [5, 5.41) is 3.71. The van der Waals surface area contributed by atoms with E-state index in [4.69, 9.17) is 0 Å². The molecule has 0 radical (unpaired) electrons. The maximum absolute atomic E-state index is 12.9. The van der Waals surface area contributed by atoms with Crippen molar-refractivity contribution in [2.45, 2.75) is 43.6 Å². The molecule has 0 unspecified atom stereocenters. The van der Waals surface area contributed by atoms with Gasteiger partial charge in [-0.1, -0.05) is 55.4 Å². The fourth-order valence-electron chi connectivity index (χ4n) is 2.73. The third-order valence-electron chi connectivity index (χ3n) is 4.25. The van der Waals surface area contributed by atoms with Crippen molar-refractivity contribution in [2.24, 2.45) is 0 Å². The summed E-state index contributed by atoms with van der Waals surface area (Å²) in [6, 6.07) is 16.7. The summed E-state index contributed by atoms with van der Waals surface area (Å²) >= 11 is 1.32. The lowest BCUT2D eigenvalue weighted by atomic mass is 10.2. The van der Waals surface area contributed by atoms with Gasteiger partial charge in [-0.3, -0.25) is 14.2 Å². The number of carbonyl (C=O) groups excluding carboxylic acids is 1. The quantitative estimate of drug-likeness (QED) is 0.489. The highest BCUT2D eigenvalue weighted by atomic mass is 32.2. The van der Waals surface area contributed by atoms with Crippen LogP contribution in [0.1, 0.15) is 26.7 Å². The van der Waals surface area contributed by atoms with Crippen molar-refractivity contribution >= 4 is 34.3 Å². The summed E-state index contributed by atoms with van der Waals surface area (Å²) in [5.41, 5.74) is 1.37. The third kappa shape index (κ3) is 4.57. The number of aromatic nitrogens is 2. The molecule has 1 heterocycles. The largest absolute Gasteiger partial charge is 0.325 e. The van der Waals surface area contributed by atoms with E-state index in [-0.39, 0.29) is 16.7 Å². The van der Waals surface area contributed by atoms with E-state index < -0.39 is 0 Å². The lowest BCUT2D eigenvalue weighted by Crippen LogP contribution is -2.27. The van der Waals surface area contributed by atoms with Gasteiger partial charge >= 0.3 is 0 Å². The number of para-hydroxylation sites is 2. The van der Waals surface area contributed by atoms with E-state index in [2.05, 4.69) is 17.2 Å². The van der Waals surface area contributed by atoms with Crippen LogP contribution in [0.3, 0.4) is 0 Å². The van der Waals surface area contributed by atoms with Crippen LogP contribution >= 0.6 is 11.8 Å². The van der Waals surface area contributed by atoms with Gasteiger partial charge in [-0.2, -0.15) is 0 Å². The minimum atomic E-state index is -0.383. The molecule has 0 spiro atoms. The van der Waals surface area contributed by atoms with E-state index >= 15 is 0 Å². The molecule has 1 aromatic heterocycles. The fraction of sp³-hybridized carbons (Fsp3) is 0.286. The molecule has 0 aliphatic rings. The average molecular weight is 382 g/mol. The van der Waals surface area contributed by atoms with Crippen LogP contribution in [-0.4, -0.2) is 20.7 Å². The van der Waals surface area contributed by atoms with Gasteiger partial charge in [0.2, 0.25) is 5.91 Å². The first kappa shape index (κ1) is 19.2. The van der Waals surface area contributed by atoms with Gasteiger partial charge in [-0.05, 0) is 37.6 Å². The first-order chi connectivity index (χ1) is 13.1. The van der Waals surface area contributed by atoms with E-state index in [1.807, 2.05) is 55.5 Å². The van der Waals surface area contributed by atoms with Crippen LogP contribution in [-0.2, 0) is 11.3 Å². The SMILES string of the molecule is CCCCn1c(S[C@@H](C)C(=O)Nc2ccccc2)nc2ccccc2c1=O. The zero-order chi connectivity index (χ0) is 19.2. The van der Waals surface area contributed by atoms with E-state index in [0.29, 0.717) is 22.6 Å². The van der Waals surface area contributed by atoms with E-state index in [1.54, 1.807) is 10.6 Å². The van der Waals surface area contributed by atoms with E-state index in [1.165, 1.54) is 11.8 Å². The van der Waals surface area contributed by atoms with Gasteiger partial charge in [0.1, 0.15) is 0 Å². The number of hydrogen-bond acceptors (Lipinski definition) is 4. The molecule has 0 fully saturated rings. The molecule has 0 aliphatic heterocycles. The maximum Gasteiger partial charge on any atom is 0.262 e. The highest BCUT2D eigenvalue weighted by molar-refractivity contribution is 8.00. The third-order valence-corrected chi connectivity index (χ3v) is 5.34. The molecule has 3 aromatic rings. The van der Waals surface area contributed by atoms with E-state index in [0.717, 1.165) is 18.5 Å². The van der Waals surface area contributed by atoms with Crippen LogP contribution in [0.25, 0.3) is 10.9 Å². The summed E-state index contributed by atoms with van der Waals surface area (Å²) in [5.74, 6) is -0.115. The Hall–Kier alpha value is -2.60. The molecule has 0 saturated carbocycles. The van der Waals surface area contributed by atoms with Gasteiger partial charge < -0.3 is 5.32 Å². The Morgan fingerprint density at radius 3 is 2.59 bits per heavy atom. The first-order valence-electron chi connectivity index (χ1n) is 9.12. The number of benzene rings is 2. The average Bonchev–Trinajstić information content (AvgIpc) is 2.68. The Bertz CT molecular complexity index is 986. The van der Waals surface area contributed by atoms with Gasteiger partial charge in [0.15, 0.2) is 5.16 Å². The van der Waals surface area contributed by atoms with Crippen LogP contribution in [0.5, 0.6) is 0 Å². The predicted molar refractivity (Wildman–Crippen MR) is 111 cm³/mol. The molecule has 3 rings (SSSR count). The zero-order valence-corrected chi connectivity index (χ0v) is 16.3. The summed E-state index contributed by atoms with van der Waals surface area (Å²) < 4.78 is 1.70. The van der Waals surface area contributed by atoms with Gasteiger partial charge in [0.05, 0.1) is 16.2 Å². The summed E-state index contributed by atoms with van der Waals surface area (Å²) in [6.07, 6.45) is 1.87. The Morgan fingerprint density at radius 1 is 1.15 bits per heavy atom. The highest BCUT2D eigenvalue weighted by Gasteiger charge is 2.19. The second kappa shape index (κ2) is 8.86. The maximum atomic E-state index is 12.9. The van der Waals surface area contributed by atoms with Crippen molar-refractivity contribution in [1.82, 2.24) is 9.55 Å². The normalized spacial score (nSPS) is 12.1. The second-order valence-corrected chi connectivity index (χ2v) is 7.65. The molecular weight excluding hydrogens is 358 g/mol. The molecule has 0 bridgehead atoms. The molecule has 0 saturated heterocycles. The number of rotatable bonds is 7. The van der Waals surface area contributed by atoms with Crippen LogP contribution in [0.2, 0.25) is 0 Å². The molecule has 0 aliphatic carbocycles. The number of fused-ring (bicyclic) bond motifs is 1. The molecule has 1 N–H and O–H groups in total. The van der Waals surface area contributed by atoms with Gasteiger partial charge in [0.25, 0.3) is 5.56 Å². The number of carbonyl (C=O) groups is 1. The smallest absolute Gasteiger partial charge is 0.262 e. The Morgan fingerprint density at radius 2 is 1.85 bits per heavy atom. The second-order valence-electron chi connectivity index (χ2n) is 6.34. The lowest BCUT2D eigenvalue weighted by Gasteiger charge is -2.16. The van der Waals surface area contributed by atoms with Crippen molar-refractivity contribution in [3.63, 3.8) is 0 Å². The highest BCUT2D eigenvalue weighted by Crippen LogP contribution is 2.24. The zero-order valence-electron chi connectivity index (χ0n) is 15.5.